The third kappa shape index (κ3) is 4.99. The van der Waals surface area contributed by atoms with Gasteiger partial charge in [0.1, 0.15) is 22.9 Å². The number of carbonyl (C=O) groups excluding carboxylic acids is 2. The van der Waals surface area contributed by atoms with Crippen LogP contribution in [0, 0.1) is 12.7 Å². The van der Waals surface area contributed by atoms with Gasteiger partial charge in [-0.1, -0.05) is 30.3 Å². The summed E-state index contributed by atoms with van der Waals surface area (Å²) in [6.45, 7) is 5.58. The highest BCUT2D eigenvalue weighted by atomic mass is 35.5. The summed E-state index contributed by atoms with van der Waals surface area (Å²) in [6.07, 6.45) is 4.78. The number of pyridine rings is 1. The highest BCUT2D eigenvalue weighted by Gasteiger charge is 2.18. The molecule has 0 fully saturated rings. The molecule has 2 N–H and O–H groups in total. The number of carbonyl (C=O) groups is 2. The van der Waals surface area contributed by atoms with Crippen molar-refractivity contribution in [2.75, 3.05) is 19.4 Å². The normalized spacial score (nSPS) is 11.5. The van der Waals surface area contributed by atoms with E-state index in [9.17, 15) is 14.0 Å². The van der Waals surface area contributed by atoms with Crippen LogP contribution < -0.4 is 5.32 Å². The molecule has 2 amide bonds. The fourth-order valence-electron chi connectivity index (χ4n) is 3.50. The number of nitrogens with one attached hydrogen (secondary N) is 2. The SMILES string of the molecule is C=C/C(=C\c1nc(NC(=O)c2cn3c(C(=O)N(C)C)cccc3n2)[nH]c1C)c1cc(F)cc(Cl)c1. The molecule has 178 valence electrons. The fourth-order valence-corrected chi connectivity index (χ4v) is 3.72. The van der Waals surface area contributed by atoms with Gasteiger partial charge in [0.15, 0.2) is 0 Å². The van der Waals surface area contributed by atoms with Crippen LogP contribution in [0.3, 0.4) is 0 Å². The molecule has 3 aromatic heterocycles. The molecule has 0 radical (unpaired) electrons. The molecule has 0 aliphatic carbocycles. The van der Waals surface area contributed by atoms with Crippen molar-refractivity contribution in [1.29, 1.82) is 0 Å². The van der Waals surface area contributed by atoms with E-state index >= 15 is 0 Å². The minimum Gasteiger partial charge on any atom is -0.343 e. The summed E-state index contributed by atoms with van der Waals surface area (Å²) in [7, 11) is 3.30. The lowest BCUT2D eigenvalue weighted by Gasteiger charge is -2.11. The van der Waals surface area contributed by atoms with Crippen molar-refractivity contribution < 1.29 is 14.0 Å². The molecule has 0 saturated heterocycles. The molecule has 0 saturated carbocycles. The van der Waals surface area contributed by atoms with E-state index in [1.54, 1.807) is 61.8 Å². The van der Waals surface area contributed by atoms with Crippen molar-refractivity contribution in [3.05, 3.63) is 94.4 Å². The molecule has 4 rings (SSSR count). The summed E-state index contributed by atoms with van der Waals surface area (Å²) < 4.78 is 15.4. The van der Waals surface area contributed by atoms with Crippen molar-refractivity contribution in [2.24, 2.45) is 0 Å². The molecule has 0 bridgehead atoms. The average molecular weight is 493 g/mol. The first-order valence-electron chi connectivity index (χ1n) is 10.5. The Balaban J connectivity index is 1.60. The predicted molar refractivity (Wildman–Crippen MR) is 134 cm³/mol. The number of fused-ring (bicyclic) bond motifs is 1. The third-order valence-electron chi connectivity index (χ3n) is 5.21. The maximum absolute atomic E-state index is 13.8. The van der Waals surface area contributed by atoms with E-state index in [2.05, 4.69) is 26.8 Å². The van der Waals surface area contributed by atoms with Crippen LogP contribution in [0.4, 0.5) is 10.3 Å². The Morgan fingerprint density at radius 1 is 1.23 bits per heavy atom. The maximum Gasteiger partial charge on any atom is 0.278 e. The van der Waals surface area contributed by atoms with Crippen LogP contribution in [0.2, 0.25) is 5.02 Å². The predicted octanol–water partition coefficient (Wildman–Crippen LogP) is 4.84. The van der Waals surface area contributed by atoms with Crippen LogP contribution in [0.1, 0.15) is 37.9 Å². The van der Waals surface area contributed by atoms with Gasteiger partial charge in [0.25, 0.3) is 11.8 Å². The average Bonchev–Trinajstić information content (AvgIpc) is 3.39. The first-order chi connectivity index (χ1) is 16.7. The van der Waals surface area contributed by atoms with Gasteiger partial charge in [-0.3, -0.25) is 19.3 Å². The van der Waals surface area contributed by atoms with Gasteiger partial charge in [-0.05, 0) is 54.5 Å². The van der Waals surface area contributed by atoms with Crippen LogP contribution in [0.15, 0.2) is 55.3 Å². The molecule has 0 aliphatic rings. The standard InChI is InChI=1S/C25H22ClFN6O2/c1-5-15(16-9-17(26)12-18(27)10-16)11-19-14(2)28-25(30-19)31-23(34)20-13-33-21(24(35)32(3)4)7-6-8-22(33)29-20/h5-13H,1H2,2-4H3,(H2,28,30,31,34)/b15-11+. The van der Waals surface area contributed by atoms with Gasteiger partial charge >= 0.3 is 0 Å². The first-order valence-corrected chi connectivity index (χ1v) is 10.9. The number of rotatable bonds is 6. The van der Waals surface area contributed by atoms with Gasteiger partial charge in [-0.25, -0.2) is 14.4 Å². The van der Waals surface area contributed by atoms with Crippen molar-refractivity contribution in [3.8, 4) is 0 Å². The van der Waals surface area contributed by atoms with Crippen LogP contribution in [-0.2, 0) is 0 Å². The van der Waals surface area contributed by atoms with E-state index in [0.717, 1.165) is 0 Å². The Bertz CT molecular complexity index is 1480. The zero-order chi connectivity index (χ0) is 25.3. The number of nitrogens with zero attached hydrogens (tertiary/aromatic N) is 4. The summed E-state index contributed by atoms with van der Waals surface area (Å²) in [5.41, 5.74) is 3.33. The van der Waals surface area contributed by atoms with E-state index in [0.29, 0.717) is 33.9 Å². The van der Waals surface area contributed by atoms with E-state index < -0.39 is 11.7 Å². The molecule has 4 aromatic rings. The van der Waals surface area contributed by atoms with Crippen molar-refractivity contribution in [3.63, 3.8) is 0 Å². The Labute approximate surface area is 205 Å². The summed E-state index contributed by atoms with van der Waals surface area (Å²) >= 11 is 5.98. The summed E-state index contributed by atoms with van der Waals surface area (Å²) in [6, 6.07) is 9.27. The van der Waals surface area contributed by atoms with Crippen LogP contribution in [0.5, 0.6) is 0 Å². The van der Waals surface area contributed by atoms with Gasteiger partial charge in [0.05, 0.1) is 5.69 Å². The van der Waals surface area contributed by atoms with Gasteiger partial charge in [0, 0.05) is 31.0 Å². The number of halogens is 2. The van der Waals surface area contributed by atoms with Gasteiger partial charge in [-0.15, -0.1) is 0 Å². The van der Waals surface area contributed by atoms with Gasteiger partial charge in [0.2, 0.25) is 5.95 Å². The molecular weight excluding hydrogens is 471 g/mol. The summed E-state index contributed by atoms with van der Waals surface area (Å²) in [5.74, 6) is -0.964. The maximum atomic E-state index is 13.8. The number of imidazole rings is 2. The smallest absolute Gasteiger partial charge is 0.278 e. The molecule has 10 heteroatoms. The molecule has 0 unspecified atom stereocenters. The van der Waals surface area contributed by atoms with Crippen LogP contribution in [-0.4, -0.2) is 50.2 Å². The number of hydrogen-bond donors (Lipinski definition) is 2. The molecule has 0 atom stereocenters. The van der Waals surface area contributed by atoms with Crippen molar-refractivity contribution >= 4 is 46.7 Å². The third-order valence-corrected chi connectivity index (χ3v) is 5.43. The molecule has 35 heavy (non-hydrogen) atoms. The number of aromatic amines is 1. The lowest BCUT2D eigenvalue weighted by molar-refractivity contribution is 0.0820. The second-order valence-corrected chi connectivity index (χ2v) is 8.41. The number of benzene rings is 1. The van der Waals surface area contributed by atoms with Crippen LogP contribution in [0.25, 0.3) is 17.3 Å². The largest absolute Gasteiger partial charge is 0.343 e. The highest BCUT2D eigenvalue weighted by Crippen LogP contribution is 2.25. The Kier molecular flexibility index (Phi) is 6.52. The van der Waals surface area contributed by atoms with Crippen molar-refractivity contribution in [1.82, 2.24) is 24.3 Å². The zero-order valence-corrected chi connectivity index (χ0v) is 20.0. The van der Waals surface area contributed by atoms with E-state index in [-0.39, 0.29) is 22.6 Å². The van der Waals surface area contributed by atoms with Crippen molar-refractivity contribution in [2.45, 2.75) is 6.92 Å². The number of H-pyrrole nitrogens is 1. The first kappa shape index (κ1) is 23.9. The number of aryl methyl sites for hydroxylation is 1. The molecule has 1 aromatic carbocycles. The second kappa shape index (κ2) is 9.55. The minimum atomic E-state index is -0.498. The van der Waals surface area contributed by atoms with E-state index in [1.807, 2.05) is 0 Å². The van der Waals surface area contributed by atoms with E-state index in [1.165, 1.54) is 23.2 Å². The number of anilines is 1. The second-order valence-electron chi connectivity index (χ2n) is 7.98. The minimum absolute atomic E-state index is 0.122. The fraction of sp³-hybridized carbons (Fsp3) is 0.120. The van der Waals surface area contributed by atoms with Gasteiger partial charge in [-0.2, -0.15) is 0 Å². The van der Waals surface area contributed by atoms with Crippen LogP contribution >= 0.6 is 11.6 Å². The molecule has 3 heterocycles. The lowest BCUT2D eigenvalue weighted by atomic mass is 10.0. The molecular formula is C25H22ClFN6O2. The Morgan fingerprint density at radius 3 is 2.69 bits per heavy atom. The Morgan fingerprint density at radius 2 is 2.00 bits per heavy atom. The summed E-state index contributed by atoms with van der Waals surface area (Å²) in [4.78, 5) is 38.5. The van der Waals surface area contributed by atoms with Gasteiger partial charge < -0.3 is 9.88 Å². The molecule has 8 nitrogen and oxygen atoms in total. The Hall–Kier alpha value is -4.24. The number of hydrogen-bond acceptors (Lipinski definition) is 4. The topological polar surface area (TPSA) is 95.4 Å². The zero-order valence-electron chi connectivity index (χ0n) is 19.3. The highest BCUT2D eigenvalue weighted by molar-refractivity contribution is 6.30. The quantitative estimate of drug-likeness (QED) is 0.376. The number of allylic oxidation sites excluding steroid dienone is 2. The molecule has 0 aliphatic heterocycles. The molecule has 0 spiro atoms. The number of amides is 2. The summed E-state index contributed by atoms with van der Waals surface area (Å²) in [5, 5.41) is 2.95. The van der Waals surface area contributed by atoms with E-state index in [4.69, 9.17) is 11.6 Å². The number of aromatic nitrogens is 4. The monoisotopic (exact) mass is 492 g/mol. The lowest BCUT2D eigenvalue weighted by Crippen LogP contribution is -2.23.